The predicted octanol–water partition coefficient (Wildman–Crippen LogP) is 2.81. The summed E-state index contributed by atoms with van der Waals surface area (Å²) in [5.41, 5.74) is 4.12. The molecule has 1 aliphatic heterocycles. The van der Waals surface area contributed by atoms with E-state index in [1.165, 1.54) is 6.42 Å². The van der Waals surface area contributed by atoms with Crippen molar-refractivity contribution < 1.29 is 0 Å². The van der Waals surface area contributed by atoms with E-state index in [9.17, 15) is 0 Å². The van der Waals surface area contributed by atoms with Crippen LogP contribution in [0.25, 0.3) is 0 Å². The van der Waals surface area contributed by atoms with E-state index in [0.717, 1.165) is 34.9 Å². The van der Waals surface area contributed by atoms with Crippen molar-refractivity contribution in [3.63, 3.8) is 0 Å². The molecule has 1 aromatic heterocycles. The van der Waals surface area contributed by atoms with Gasteiger partial charge in [0.1, 0.15) is 0 Å². The molecule has 1 fully saturated rings. The largest absolute Gasteiger partial charge is 0.301 e. The molecule has 3 nitrogen and oxygen atoms in total. The minimum Gasteiger partial charge on any atom is -0.301 e. The fraction of sp³-hybridized carbons (Fsp3) is 0.714. The van der Waals surface area contributed by atoms with Gasteiger partial charge >= 0.3 is 0 Å². The van der Waals surface area contributed by atoms with Crippen LogP contribution in [0.2, 0.25) is 0 Å². The van der Waals surface area contributed by atoms with Crippen molar-refractivity contribution in [2.45, 2.75) is 60.0 Å². The number of hydrogen-bond acceptors (Lipinski definition) is 3. The lowest BCUT2D eigenvalue weighted by Crippen LogP contribution is -2.49. The first-order valence-electron chi connectivity index (χ1n) is 6.33. The van der Waals surface area contributed by atoms with Gasteiger partial charge in [0, 0.05) is 12.1 Å². The van der Waals surface area contributed by atoms with Crippen molar-refractivity contribution in [2.75, 3.05) is 7.05 Å². The zero-order valence-corrected chi connectivity index (χ0v) is 12.2. The van der Waals surface area contributed by atoms with Crippen molar-refractivity contribution in [1.29, 1.82) is 0 Å². The molecule has 0 bridgehead atoms. The highest BCUT2D eigenvalue weighted by molar-refractivity contribution is 5.16. The number of nitrogens with zero attached hydrogens (tertiary/aromatic N) is 3. The van der Waals surface area contributed by atoms with Crippen LogP contribution in [0.1, 0.15) is 43.0 Å². The second kappa shape index (κ2) is 5.58. The molecule has 0 amide bonds. The van der Waals surface area contributed by atoms with Gasteiger partial charge in [0.25, 0.3) is 0 Å². The van der Waals surface area contributed by atoms with Crippen molar-refractivity contribution in [1.82, 2.24) is 14.9 Å². The molecular weight excluding hydrogens is 210 g/mol. The minimum atomic E-state index is 0.843. The van der Waals surface area contributed by atoms with Crippen LogP contribution in [0.4, 0.5) is 0 Å². The standard InChI is InChI=1S/C8H12N2.C6H13N/c1-5-6(2)10-8(4)7(3)9-5;1-5-4-6(2)7(5)3/h1-4H3;5-6H,4H2,1-3H3. The van der Waals surface area contributed by atoms with Crippen molar-refractivity contribution in [3.8, 4) is 0 Å². The first kappa shape index (κ1) is 14.1. The third-order valence-electron chi connectivity index (χ3n) is 3.79. The van der Waals surface area contributed by atoms with Crippen LogP contribution in [-0.2, 0) is 0 Å². The molecule has 96 valence electrons. The fourth-order valence-corrected chi connectivity index (χ4v) is 1.95. The number of hydrogen-bond donors (Lipinski definition) is 0. The van der Waals surface area contributed by atoms with Gasteiger partial charge in [0.15, 0.2) is 0 Å². The van der Waals surface area contributed by atoms with Crippen molar-refractivity contribution in [3.05, 3.63) is 22.8 Å². The molecule has 0 N–H and O–H groups in total. The molecule has 3 heteroatoms. The summed E-state index contributed by atoms with van der Waals surface area (Å²) in [6.45, 7) is 12.5. The number of aryl methyl sites for hydroxylation is 4. The molecule has 0 radical (unpaired) electrons. The van der Waals surface area contributed by atoms with E-state index in [-0.39, 0.29) is 0 Å². The van der Waals surface area contributed by atoms with Gasteiger partial charge in [0.2, 0.25) is 0 Å². The SMILES string of the molecule is CC1CC(C)N1C.Cc1nc(C)c(C)nc1C. The summed E-state index contributed by atoms with van der Waals surface area (Å²) >= 11 is 0. The monoisotopic (exact) mass is 235 g/mol. The first-order chi connectivity index (χ1) is 7.82. The zero-order valence-electron chi connectivity index (χ0n) is 12.2. The summed E-state index contributed by atoms with van der Waals surface area (Å²) in [7, 11) is 2.18. The molecule has 2 unspecified atom stereocenters. The smallest absolute Gasteiger partial charge is 0.0588 e. The fourth-order valence-electron chi connectivity index (χ4n) is 1.95. The highest BCUT2D eigenvalue weighted by Gasteiger charge is 2.26. The summed E-state index contributed by atoms with van der Waals surface area (Å²) in [4.78, 5) is 11.0. The second-order valence-electron chi connectivity index (χ2n) is 5.16. The summed E-state index contributed by atoms with van der Waals surface area (Å²) < 4.78 is 0. The minimum absolute atomic E-state index is 0.843. The Morgan fingerprint density at radius 2 is 1.12 bits per heavy atom. The van der Waals surface area contributed by atoms with Crippen molar-refractivity contribution >= 4 is 0 Å². The van der Waals surface area contributed by atoms with Crippen LogP contribution in [0.3, 0.4) is 0 Å². The molecule has 17 heavy (non-hydrogen) atoms. The van der Waals surface area contributed by atoms with E-state index in [4.69, 9.17) is 0 Å². The Hall–Kier alpha value is -0.960. The van der Waals surface area contributed by atoms with Gasteiger partial charge in [0.05, 0.1) is 22.8 Å². The van der Waals surface area contributed by atoms with E-state index in [0.29, 0.717) is 0 Å². The Bertz CT molecular complexity index is 329. The van der Waals surface area contributed by atoms with Crippen LogP contribution < -0.4 is 0 Å². The quantitative estimate of drug-likeness (QED) is 0.692. The summed E-state index contributed by atoms with van der Waals surface area (Å²) in [6, 6.07) is 1.69. The van der Waals surface area contributed by atoms with E-state index in [1.807, 2.05) is 27.7 Å². The van der Waals surface area contributed by atoms with Crippen LogP contribution in [0.15, 0.2) is 0 Å². The van der Waals surface area contributed by atoms with Gasteiger partial charge in [-0.25, -0.2) is 0 Å². The molecule has 1 aliphatic rings. The Balaban J connectivity index is 0.000000181. The first-order valence-corrected chi connectivity index (χ1v) is 6.33. The molecule has 2 heterocycles. The normalized spacial score (nSPS) is 23.7. The predicted molar refractivity (Wildman–Crippen MR) is 72.3 cm³/mol. The van der Waals surface area contributed by atoms with Crippen LogP contribution in [0.5, 0.6) is 0 Å². The molecule has 0 aromatic carbocycles. The lowest BCUT2D eigenvalue weighted by Gasteiger charge is -2.42. The van der Waals surface area contributed by atoms with E-state index in [2.05, 4.69) is 35.8 Å². The summed E-state index contributed by atoms with van der Waals surface area (Å²) in [6.07, 6.45) is 1.39. The lowest BCUT2D eigenvalue weighted by atomic mass is 9.98. The third-order valence-corrected chi connectivity index (χ3v) is 3.79. The molecule has 2 rings (SSSR count). The maximum absolute atomic E-state index is 4.31. The number of likely N-dealkylation sites (tertiary alicyclic amines) is 1. The molecule has 1 aromatic rings. The van der Waals surface area contributed by atoms with E-state index >= 15 is 0 Å². The summed E-state index contributed by atoms with van der Waals surface area (Å²) in [5.74, 6) is 0. The molecule has 0 saturated carbocycles. The van der Waals surface area contributed by atoms with E-state index in [1.54, 1.807) is 0 Å². The van der Waals surface area contributed by atoms with Crippen molar-refractivity contribution in [2.24, 2.45) is 0 Å². The lowest BCUT2D eigenvalue weighted by molar-refractivity contribution is 0.0697. The van der Waals surface area contributed by atoms with Crippen LogP contribution >= 0.6 is 0 Å². The highest BCUT2D eigenvalue weighted by Crippen LogP contribution is 2.21. The Kier molecular flexibility index (Phi) is 4.63. The molecule has 0 aliphatic carbocycles. The third kappa shape index (κ3) is 3.50. The molecule has 0 spiro atoms. The van der Waals surface area contributed by atoms with Crippen LogP contribution in [0, 0.1) is 27.7 Å². The molecule has 1 saturated heterocycles. The number of rotatable bonds is 0. The number of aromatic nitrogens is 2. The highest BCUT2D eigenvalue weighted by atomic mass is 15.2. The van der Waals surface area contributed by atoms with Gasteiger partial charge in [-0.05, 0) is 55.0 Å². The Morgan fingerprint density at radius 1 is 0.824 bits per heavy atom. The maximum Gasteiger partial charge on any atom is 0.0588 e. The van der Waals surface area contributed by atoms with Gasteiger partial charge < -0.3 is 4.90 Å². The van der Waals surface area contributed by atoms with Gasteiger partial charge in [-0.15, -0.1) is 0 Å². The van der Waals surface area contributed by atoms with E-state index < -0.39 is 0 Å². The maximum atomic E-state index is 4.31. The van der Waals surface area contributed by atoms with Gasteiger partial charge in [-0.2, -0.15) is 0 Å². The molecular formula is C14H25N3. The van der Waals surface area contributed by atoms with Gasteiger partial charge in [-0.1, -0.05) is 0 Å². The van der Waals surface area contributed by atoms with Crippen LogP contribution in [-0.4, -0.2) is 34.0 Å². The molecule has 2 atom stereocenters. The zero-order chi connectivity index (χ0) is 13.2. The van der Waals surface area contributed by atoms with Gasteiger partial charge in [-0.3, -0.25) is 9.97 Å². The topological polar surface area (TPSA) is 29.0 Å². The average Bonchev–Trinajstić information content (AvgIpc) is 2.27. The second-order valence-corrected chi connectivity index (χ2v) is 5.16. The summed E-state index contributed by atoms with van der Waals surface area (Å²) in [5, 5.41) is 0. The Morgan fingerprint density at radius 3 is 1.24 bits per heavy atom. The average molecular weight is 235 g/mol. The Labute approximate surface area is 105 Å².